The summed E-state index contributed by atoms with van der Waals surface area (Å²) in [6.07, 6.45) is 5.26. The van der Waals surface area contributed by atoms with Crippen molar-refractivity contribution in [2.45, 2.75) is 24.9 Å². The van der Waals surface area contributed by atoms with Gasteiger partial charge in [0, 0.05) is 25.8 Å². The minimum atomic E-state index is -0.0620. The van der Waals surface area contributed by atoms with Crippen LogP contribution < -0.4 is 11.1 Å². The zero-order valence-electron chi connectivity index (χ0n) is 14.1. The molecule has 1 amide bonds. The Bertz CT molecular complexity index is 789. The Morgan fingerprint density at radius 1 is 1.24 bits per heavy atom. The zero-order valence-corrected chi connectivity index (χ0v) is 14.1. The number of benzene rings is 1. The summed E-state index contributed by atoms with van der Waals surface area (Å²) in [7, 11) is 0. The van der Waals surface area contributed by atoms with Crippen LogP contribution in [0.15, 0.2) is 47.8 Å². The minimum Gasteiger partial charge on any atom is -0.370 e. The first-order chi connectivity index (χ1) is 12.1. The van der Waals surface area contributed by atoms with E-state index in [9.17, 15) is 4.79 Å². The number of carbonyl (C=O) groups excluding carboxylic acids is 1. The van der Waals surface area contributed by atoms with E-state index in [2.05, 4.69) is 27.4 Å². The first-order valence-electron chi connectivity index (χ1n) is 8.57. The van der Waals surface area contributed by atoms with Gasteiger partial charge in [-0.1, -0.05) is 30.3 Å². The average molecular weight is 338 g/mol. The molecule has 1 aromatic carbocycles. The van der Waals surface area contributed by atoms with Crippen LogP contribution in [0.5, 0.6) is 0 Å². The molecule has 3 N–H and O–H groups in total. The van der Waals surface area contributed by atoms with Crippen LogP contribution >= 0.6 is 0 Å². The second-order valence-corrected chi connectivity index (χ2v) is 6.82. The molecule has 0 unspecified atom stereocenters. The van der Waals surface area contributed by atoms with E-state index in [4.69, 9.17) is 5.73 Å². The van der Waals surface area contributed by atoms with Gasteiger partial charge in [0.1, 0.15) is 5.69 Å². The van der Waals surface area contributed by atoms with Gasteiger partial charge in [0.25, 0.3) is 5.91 Å². The number of imidazole rings is 1. The van der Waals surface area contributed by atoms with Crippen molar-refractivity contribution in [1.29, 1.82) is 0 Å². The number of hydrogen-bond acceptors (Lipinski definition) is 5. The van der Waals surface area contributed by atoms with E-state index in [0.29, 0.717) is 37.8 Å². The molecular formula is C18H22N6O. The Balaban J connectivity index is 1.37. The van der Waals surface area contributed by atoms with Gasteiger partial charge in [-0.25, -0.2) is 4.98 Å². The first-order valence-corrected chi connectivity index (χ1v) is 8.57. The number of hydrogen-bond donors (Lipinski definition) is 2. The van der Waals surface area contributed by atoms with Gasteiger partial charge in [0.2, 0.25) is 0 Å². The lowest BCUT2D eigenvalue weighted by molar-refractivity contribution is 0.0663. The van der Waals surface area contributed by atoms with Crippen molar-refractivity contribution in [2.24, 2.45) is 10.7 Å². The van der Waals surface area contributed by atoms with E-state index in [1.807, 2.05) is 33.9 Å². The monoisotopic (exact) mass is 338 g/mol. The molecule has 3 heterocycles. The standard InChI is InChI=1S/C18H22N6O/c19-17-20-12-18(22-17)6-8-24(9-7-18)16(25)15-11-23(13-21-15)10-14-4-2-1-3-5-14/h1-5,11,13H,6-10,12H2,(H3,19,20,22). The fraction of sp³-hybridized carbons (Fsp3) is 0.389. The summed E-state index contributed by atoms with van der Waals surface area (Å²) in [4.78, 5) is 23.1. The molecule has 4 rings (SSSR count). The Kier molecular flexibility index (Phi) is 3.91. The molecule has 2 aliphatic rings. The number of nitrogens with one attached hydrogen (secondary N) is 1. The average Bonchev–Trinajstić information content (AvgIpc) is 3.23. The first kappa shape index (κ1) is 15.7. The molecule has 1 fully saturated rings. The molecule has 7 nitrogen and oxygen atoms in total. The lowest BCUT2D eigenvalue weighted by Crippen LogP contribution is -2.55. The van der Waals surface area contributed by atoms with Crippen LogP contribution in [-0.2, 0) is 6.54 Å². The number of rotatable bonds is 3. The predicted molar refractivity (Wildman–Crippen MR) is 95.3 cm³/mol. The zero-order chi connectivity index (χ0) is 17.3. The largest absolute Gasteiger partial charge is 0.370 e. The number of guanidine groups is 1. The lowest BCUT2D eigenvalue weighted by Gasteiger charge is -2.38. The molecule has 0 saturated carbocycles. The summed E-state index contributed by atoms with van der Waals surface area (Å²) in [6, 6.07) is 10.1. The molecule has 1 aromatic heterocycles. The van der Waals surface area contributed by atoms with Crippen LogP contribution in [0, 0.1) is 0 Å². The molecule has 2 aromatic rings. The van der Waals surface area contributed by atoms with Gasteiger partial charge in [0.15, 0.2) is 5.96 Å². The lowest BCUT2D eigenvalue weighted by atomic mass is 9.88. The third kappa shape index (κ3) is 3.22. The second-order valence-electron chi connectivity index (χ2n) is 6.82. The highest BCUT2D eigenvalue weighted by atomic mass is 16.2. The molecule has 7 heteroatoms. The Morgan fingerprint density at radius 2 is 2.00 bits per heavy atom. The summed E-state index contributed by atoms with van der Waals surface area (Å²) < 4.78 is 1.95. The van der Waals surface area contributed by atoms with Gasteiger partial charge in [-0.15, -0.1) is 0 Å². The Hall–Kier alpha value is -2.83. The summed E-state index contributed by atoms with van der Waals surface area (Å²) >= 11 is 0. The van der Waals surface area contributed by atoms with E-state index >= 15 is 0 Å². The van der Waals surface area contributed by atoms with Crippen LogP contribution in [-0.4, -0.2) is 51.5 Å². The molecule has 1 saturated heterocycles. The highest BCUT2D eigenvalue weighted by Crippen LogP contribution is 2.26. The number of nitrogens with two attached hydrogens (primary N) is 1. The number of carbonyl (C=O) groups is 1. The van der Waals surface area contributed by atoms with Crippen LogP contribution in [0.3, 0.4) is 0 Å². The maximum absolute atomic E-state index is 12.7. The molecule has 130 valence electrons. The molecular weight excluding hydrogens is 316 g/mol. The van der Waals surface area contributed by atoms with Gasteiger partial charge >= 0.3 is 0 Å². The van der Waals surface area contributed by atoms with E-state index < -0.39 is 0 Å². The SMILES string of the molecule is NC1=NCC2(CCN(C(=O)c3cn(Cc4ccccc4)cn3)CC2)N1. The predicted octanol–water partition coefficient (Wildman–Crippen LogP) is 0.824. The van der Waals surface area contributed by atoms with Crippen molar-refractivity contribution in [3.05, 3.63) is 54.1 Å². The van der Waals surface area contributed by atoms with Gasteiger partial charge in [-0.05, 0) is 18.4 Å². The highest BCUT2D eigenvalue weighted by molar-refractivity contribution is 5.92. The molecule has 25 heavy (non-hydrogen) atoms. The Morgan fingerprint density at radius 3 is 2.68 bits per heavy atom. The third-order valence-electron chi connectivity index (χ3n) is 5.01. The molecule has 0 radical (unpaired) electrons. The van der Waals surface area contributed by atoms with Gasteiger partial charge in [0.05, 0.1) is 18.4 Å². The number of nitrogens with zero attached hydrogens (tertiary/aromatic N) is 4. The summed E-state index contributed by atoms with van der Waals surface area (Å²) in [6.45, 7) is 2.80. The van der Waals surface area contributed by atoms with Gasteiger partial charge < -0.3 is 20.5 Å². The number of aromatic nitrogens is 2. The molecule has 0 aliphatic carbocycles. The molecule has 0 atom stereocenters. The van der Waals surface area contributed by atoms with Gasteiger partial charge in [-0.2, -0.15) is 0 Å². The smallest absolute Gasteiger partial charge is 0.274 e. The molecule has 2 aliphatic heterocycles. The fourth-order valence-corrected chi connectivity index (χ4v) is 3.52. The van der Waals surface area contributed by atoms with Crippen LogP contribution in [0.25, 0.3) is 0 Å². The van der Waals surface area contributed by atoms with Crippen molar-refractivity contribution in [1.82, 2.24) is 19.8 Å². The molecule has 0 bridgehead atoms. The van der Waals surface area contributed by atoms with Crippen LogP contribution in [0.4, 0.5) is 0 Å². The summed E-state index contributed by atoms with van der Waals surface area (Å²) in [5.74, 6) is 0.507. The number of piperidine rings is 1. The normalized spacial score (nSPS) is 18.9. The topological polar surface area (TPSA) is 88.5 Å². The van der Waals surface area contributed by atoms with Crippen molar-refractivity contribution >= 4 is 11.9 Å². The van der Waals surface area contributed by atoms with Gasteiger partial charge in [-0.3, -0.25) is 9.79 Å². The van der Waals surface area contributed by atoms with Crippen molar-refractivity contribution in [3.63, 3.8) is 0 Å². The summed E-state index contributed by atoms with van der Waals surface area (Å²) in [5.41, 5.74) is 7.36. The van der Waals surface area contributed by atoms with Crippen LogP contribution in [0.1, 0.15) is 28.9 Å². The van der Waals surface area contributed by atoms with E-state index in [1.165, 1.54) is 5.56 Å². The minimum absolute atomic E-state index is 0.00597. The maximum Gasteiger partial charge on any atom is 0.274 e. The van der Waals surface area contributed by atoms with Crippen molar-refractivity contribution in [2.75, 3.05) is 19.6 Å². The Labute approximate surface area is 146 Å². The van der Waals surface area contributed by atoms with Crippen molar-refractivity contribution in [3.8, 4) is 0 Å². The second kappa shape index (κ2) is 6.23. The van der Waals surface area contributed by atoms with E-state index in [1.54, 1.807) is 6.33 Å². The van der Waals surface area contributed by atoms with E-state index in [-0.39, 0.29) is 11.4 Å². The van der Waals surface area contributed by atoms with E-state index in [0.717, 1.165) is 12.8 Å². The van der Waals surface area contributed by atoms with Crippen molar-refractivity contribution < 1.29 is 4.79 Å². The number of amides is 1. The van der Waals surface area contributed by atoms with Crippen LogP contribution in [0.2, 0.25) is 0 Å². The highest BCUT2D eigenvalue weighted by Gasteiger charge is 2.39. The number of aliphatic imine (C=N–C) groups is 1. The fourth-order valence-electron chi connectivity index (χ4n) is 3.52. The number of likely N-dealkylation sites (tertiary alicyclic amines) is 1. The summed E-state index contributed by atoms with van der Waals surface area (Å²) in [5, 5.41) is 3.27. The third-order valence-corrected chi connectivity index (χ3v) is 5.01. The molecule has 1 spiro atoms. The maximum atomic E-state index is 12.7. The quantitative estimate of drug-likeness (QED) is 0.867.